The van der Waals surface area contributed by atoms with Crippen LogP contribution in [0.4, 0.5) is 0 Å². The van der Waals surface area contributed by atoms with Crippen molar-refractivity contribution >= 4 is 10.0 Å². The van der Waals surface area contributed by atoms with Crippen molar-refractivity contribution in [2.45, 2.75) is 52.0 Å². The fourth-order valence-electron chi connectivity index (χ4n) is 2.25. The average Bonchev–Trinajstić information content (AvgIpc) is 2.41. The van der Waals surface area contributed by atoms with E-state index < -0.39 is 22.2 Å². The molecule has 5 nitrogen and oxygen atoms in total. The molecule has 0 saturated heterocycles. The zero-order chi connectivity index (χ0) is 16.6. The van der Waals surface area contributed by atoms with Gasteiger partial charge in [-0.05, 0) is 69.4 Å². The summed E-state index contributed by atoms with van der Waals surface area (Å²) in [6, 6.07) is 0. The van der Waals surface area contributed by atoms with Gasteiger partial charge in [0.05, 0.1) is 17.1 Å². The molecular weight excluding hydrogens is 290 g/mol. The van der Waals surface area contributed by atoms with Crippen LogP contribution in [0.5, 0.6) is 0 Å². The van der Waals surface area contributed by atoms with Crippen molar-refractivity contribution < 1.29 is 18.6 Å². The first kappa shape index (κ1) is 18.1. The SMILES string of the molecule is Cc1c(C)c(C)c(S(=O)(=O)NCC(C)(O)CO)c(C)c1C. The highest BCUT2D eigenvalue weighted by molar-refractivity contribution is 7.89. The molecule has 0 spiro atoms. The largest absolute Gasteiger partial charge is 0.393 e. The second-order valence-corrected chi connectivity index (χ2v) is 7.64. The van der Waals surface area contributed by atoms with Crippen LogP contribution in [0.25, 0.3) is 0 Å². The minimum absolute atomic E-state index is 0.239. The van der Waals surface area contributed by atoms with Crippen molar-refractivity contribution in [3.05, 3.63) is 27.8 Å². The molecule has 3 N–H and O–H groups in total. The maximum atomic E-state index is 12.5. The van der Waals surface area contributed by atoms with Gasteiger partial charge in [-0.25, -0.2) is 13.1 Å². The smallest absolute Gasteiger partial charge is 0.241 e. The quantitative estimate of drug-likeness (QED) is 0.763. The summed E-state index contributed by atoms with van der Waals surface area (Å²) < 4.78 is 27.5. The lowest BCUT2D eigenvalue weighted by molar-refractivity contribution is 0.00681. The summed E-state index contributed by atoms with van der Waals surface area (Å²) in [4.78, 5) is 0.261. The topological polar surface area (TPSA) is 86.6 Å². The van der Waals surface area contributed by atoms with Crippen LogP contribution in [0.1, 0.15) is 34.7 Å². The van der Waals surface area contributed by atoms with Crippen LogP contribution in [0.3, 0.4) is 0 Å². The molecule has 1 rings (SSSR count). The predicted octanol–water partition coefficient (Wildman–Crippen LogP) is 1.25. The monoisotopic (exact) mass is 315 g/mol. The van der Waals surface area contributed by atoms with Crippen molar-refractivity contribution in [1.29, 1.82) is 0 Å². The molecule has 1 aromatic carbocycles. The summed E-state index contributed by atoms with van der Waals surface area (Å²) in [7, 11) is -3.75. The minimum Gasteiger partial charge on any atom is -0.393 e. The van der Waals surface area contributed by atoms with Gasteiger partial charge in [-0.1, -0.05) is 0 Å². The first-order chi connectivity index (χ1) is 9.44. The number of sulfonamides is 1. The standard InChI is InChI=1S/C15H25NO4S/c1-9-10(2)12(4)14(13(5)11(9)3)21(19,20)16-7-15(6,18)8-17/h16-18H,7-8H2,1-6H3. The van der Waals surface area contributed by atoms with Gasteiger partial charge in [-0.2, -0.15) is 0 Å². The van der Waals surface area contributed by atoms with Gasteiger partial charge >= 0.3 is 0 Å². The molecule has 120 valence electrons. The van der Waals surface area contributed by atoms with Gasteiger partial charge in [-0.3, -0.25) is 0 Å². The molecule has 1 unspecified atom stereocenters. The second kappa shape index (κ2) is 6.04. The lowest BCUT2D eigenvalue weighted by Gasteiger charge is -2.23. The summed E-state index contributed by atoms with van der Waals surface area (Å²) in [5, 5.41) is 18.8. The molecule has 1 atom stereocenters. The summed E-state index contributed by atoms with van der Waals surface area (Å²) in [6.45, 7) is 9.98. The fourth-order valence-corrected chi connectivity index (χ4v) is 4.00. The Morgan fingerprint density at radius 1 is 0.952 bits per heavy atom. The average molecular weight is 315 g/mol. The molecular formula is C15H25NO4S. The van der Waals surface area contributed by atoms with Crippen LogP contribution < -0.4 is 4.72 Å². The van der Waals surface area contributed by atoms with E-state index in [1.54, 1.807) is 13.8 Å². The van der Waals surface area contributed by atoms with Crippen molar-refractivity contribution in [2.24, 2.45) is 0 Å². The Hall–Kier alpha value is -0.950. The second-order valence-electron chi connectivity index (χ2n) is 5.93. The molecule has 6 heteroatoms. The third-order valence-corrected chi connectivity index (χ3v) is 5.86. The molecule has 21 heavy (non-hydrogen) atoms. The molecule has 0 saturated carbocycles. The molecule has 0 bridgehead atoms. The third-order valence-electron chi connectivity index (χ3n) is 4.18. The van der Waals surface area contributed by atoms with E-state index in [0.717, 1.165) is 16.7 Å². The van der Waals surface area contributed by atoms with E-state index in [2.05, 4.69) is 4.72 Å². The molecule has 0 radical (unpaired) electrons. The Balaban J connectivity index is 3.34. The van der Waals surface area contributed by atoms with Crippen molar-refractivity contribution in [3.8, 4) is 0 Å². The van der Waals surface area contributed by atoms with Crippen molar-refractivity contribution in [2.75, 3.05) is 13.2 Å². The number of benzene rings is 1. The highest BCUT2D eigenvalue weighted by Gasteiger charge is 2.27. The Morgan fingerprint density at radius 3 is 1.71 bits per heavy atom. The summed E-state index contributed by atoms with van der Waals surface area (Å²) in [6.07, 6.45) is 0. The van der Waals surface area contributed by atoms with Crippen LogP contribution >= 0.6 is 0 Å². The van der Waals surface area contributed by atoms with E-state index in [9.17, 15) is 13.5 Å². The van der Waals surface area contributed by atoms with E-state index >= 15 is 0 Å². The van der Waals surface area contributed by atoms with Gasteiger partial charge in [0.25, 0.3) is 0 Å². The molecule has 0 amide bonds. The van der Waals surface area contributed by atoms with E-state index in [1.807, 2.05) is 20.8 Å². The number of aliphatic hydroxyl groups is 2. The molecule has 0 aliphatic rings. The normalized spacial score (nSPS) is 15.0. The maximum absolute atomic E-state index is 12.5. The molecule has 0 aliphatic carbocycles. The van der Waals surface area contributed by atoms with Crippen LogP contribution in [0, 0.1) is 34.6 Å². The van der Waals surface area contributed by atoms with Gasteiger partial charge in [0.1, 0.15) is 0 Å². The number of hydrogen-bond acceptors (Lipinski definition) is 4. The summed E-state index contributed by atoms with van der Waals surface area (Å²) in [5.41, 5.74) is 2.94. The molecule has 1 aromatic rings. The first-order valence-corrected chi connectivity index (χ1v) is 8.33. The highest BCUT2D eigenvalue weighted by Crippen LogP contribution is 2.29. The van der Waals surface area contributed by atoms with Gasteiger partial charge in [0, 0.05) is 6.54 Å². The number of hydrogen-bond donors (Lipinski definition) is 3. The number of aliphatic hydroxyl groups excluding tert-OH is 1. The molecule has 0 aromatic heterocycles. The molecule has 0 heterocycles. The van der Waals surface area contributed by atoms with Crippen LogP contribution in [0.15, 0.2) is 4.90 Å². The first-order valence-electron chi connectivity index (χ1n) is 6.84. The van der Waals surface area contributed by atoms with Gasteiger partial charge in [0.2, 0.25) is 10.0 Å². The highest BCUT2D eigenvalue weighted by atomic mass is 32.2. The third kappa shape index (κ3) is 3.63. The number of rotatable bonds is 5. The van der Waals surface area contributed by atoms with E-state index in [1.165, 1.54) is 6.92 Å². The van der Waals surface area contributed by atoms with Gasteiger partial charge in [0.15, 0.2) is 0 Å². The molecule has 0 aliphatic heterocycles. The van der Waals surface area contributed by atoms with Crippen molar-refractivity contribution in [3.63, 3.8) is 0 Å². The Labute approximate surface area is 127 Å². The Morgan fingerprint density at radius 2 is 1.33 bits per heavy atom. The van der Waals surface area contributed by atoms with Crippen LogP contribution in [-0.4, -0.2) is 37.4 Å². The van der Waals surface area contributed by atoms with Gasteiger partial charge < -0.3 is 10.2 Å². The van der Waals surface area contributed by atoms with E-state index in [-0.39, 0.29) is 11.4 Å². The summed E-state index contributed by atoms with van der Waals surface area (Å²) in [5.74, 6) is 0. The lowest BCUT2D eigenvalue weighted by atomic mass is 9.95. The molecule has 0 fully saturated rings. The lowest BCUT2D eigenvalue weighted by Crippen LogP contribution is -2.43. The van der Waals surface area contributed by atoms with Crippen molar-refractivity contribution in [1.82, 2.24) is 4.72 Å². The van der Waals surface area contributed by atoms with Crippen LogP contribution in [-0.2, 0) is 10.0 Å². The predicted molar refractivity (Wildman–Crippen MR) is 83.0 cm³/mol. The Bertz CT molecular complexity index is 619. The summed E-state index contributed by atoms with van der Waals surface area (Å²) >= 11 is 0. The Kier molecular flexibility index (Phi) is 5.21. The fraction of sp³-hybridized carbons (Fsp3) is 0.600. The zero-order valence-corrected chi connectivity index (χ0v) is 14.3. The van der Waals surface area contributed by atoms with Gasteiger partial charge in [-0.15, -0.1) is 0 Å². The number of nitrogens with one attached hydrogen (secondary N) is 1. The zero-order valence-electron chi connectivity index (χ0n) is 13.5. The minimum atomic E-state index is -3.75. The van der Waals surface area contributed by atoms with E-state index in [0.29, 0.717) is 11.1 Å². The van der Waals surface area contributed by atoms with E-state index in [4.69, 9.17) is 5.11 Å². The maximum Gasteiger partial charge on any atom is 0.241 e. The van der Waals surface area contributed by atoms with Crippen LogP contribution in [0.2, 0.25) is 0 Å².